The Morgan fingerprint density at radius 3 is 2.41 bits per heavy atom. The molecule has 0 bridgehead atoms. The van der Waals surface area contributed by atoms with Crippen molar-refractivity contribution in [3.05, 3.63) is 58.1 Å². The molecule has 8 heteroatoms. The lowest BCUT2D eigenvalue weighted by Gasteiger charge is -2.10. The highest BCUT2D eigenvalue weighted by atomic mass is 79.9. The molecule has 7 nitrogen and oxygen atoms in total. The SMILES string of the molecule is COc1ccc(CCNC(=O)C(=O)N/N=C\c2ccc(Br)cc2)cc1OC. The van der Waals surface area contributed by atoms with Crippen LogP contribution < -0.4 is 20.2 Å². The van der Waals surface area contributed by atoms with Crippen molar-refractivity contribution in [2.45, 2.75) is 6.42 Å². The maximum Gasteiger partial charge on any atom is 0.329 e. The molecule has 27 heavy (non-hydrogen) atoms. The second-order valence-corrected chi connectivity index (χ2v) is 6.36. The number of ether oxygens (including phenoxy) is 2. The van der Waals surface area contributed by atoms with Crippen LogP contribution in [0.1, 0.15) is 11.1 Å². The van der Waals surface area contributed by atoms with Gasteiger partial charge >= 0.3 is 11.8 Å². The lowest BCUT2D eigenvalue weighted by molar-refractivity contribution is -0.139. The smallest absolute Gasteiger partial charge is 0.329 e. The molecule has 0 saturated heterocycles. The third-order valence-electron chi connectivity index (χ3n) is 3.60. The summed E-state index contributed by atoms with van der Waals surface area (Å²) >= 11 is 3.33. The molecule has 0 fully saturated rings. The van der Waals surface area contributed by atoms with Gasteiger partial charge < -0.3 is 14.8 Å². The van der Waals surface area contributed by atoms with Gasteiger partial charge in [-0.3, -0.25) is 9.59 Å². The normalized spacial score (nSPS) is 10.5. The zero-order chi connectivity index (χ0) is 19.6. The Balaban J connectivity index is 1.78. The third kappa shape index (κ3) is 6.41. The van der Waals surface area contributed by atoms with Gasteiger partial charge in [-0.1, -0.05) is 34.1 Å². The summed E-state index contributed by atoms with van der Waals surface area (Å²) in [7, 11) is 3.12. The lowest BCUT2D eigenvalue weighted by Crippen LogP contribution is -2.38. The van der Waals surface area contributed by atoms with Crippen LogP contribution in [0, 0.1) is 0 Å². The summed E-state index contributed by atoms with van der Waals surface area (Å²) in [6, 6.07) is 12.8. The first-order valence-electron chi connectivity index (χ1n) is 8.11. The zero-order valence-corrected chi connectivity index (χ0v) is 16.6. The van der Waals surface area contributed by atoms with Crippen molar-refractivity contribution in [2.75, 3.05) is 20.8 Å². The second kappa shape index (κ2) is 10.3. The molecule has 2 N–H and O–H groups in total. The van der Waals surface area contributed by atoms with Gasteiger partial charge in [0.1, 0.15) is 0 Å². The summed E-state index contributed by atoms with van der Waals surface area (Å²) in [4.78, 5) is 23.5. The highest BCUT2D eigenvalue weighted by Gasteiger charge is 2.12. The molecule has 0 unspecified atom stereocenters. The lowest BCUT2D eigenvalue weighted by atomic mass is 10.1. The van der Waals surface area contributed by atoms with Gasteiger partial charge in [0, 0.05) is 11.0 Å². The molecule has 0 aliphatic carbocycles. The predicted molar refractivity (Wildman–Crippen MR) is 106 cm³/mol. The third-order valence-corrected chi connectivity index (χ3v) is 4.13. The maximum absolute atomic E-state index is 11.8. The van der Waals surface area contributed by atoms with Crippen molar-refractivity contribution in [3.8, 4) is 11.5 Å². The van der Waals surface area contributed by atoms with Crippen molar-refractivity contribution in [1.82, 2.24) is 10.7 Å². The molecule has 0 atom stereocenters. The largest absolute Gasteiger partial charge is 0.493 e. The second-order valence-electron chi connectivity index (χ2n) is 5.45. The summed E-state index contributed by atoms with van der Waals surface area (Å²) in [6.45, 7) is 0.304. The summed E-state index contributed by atoms with van der Waals surface area (Å²) in [5.74, 6) is -0.325. The number of nitrogens with one attached hydrogen (secondary N) is 2. The first-order chi connectivity index (χ1) is 13.0. The van der Waals surface area contributed by atoms with Gasteiger partial charge in [0.2, 0.25) is 0 Å². The number of carbonyl (C=O) groups is 2. The molecule has 0 aromatic heterocycles. The molecule has 0 spiro atoms. The fourth-order valence-corrected chi connectivity index (χ4v) is 2.47. The van der Waals surface area contributed by atoms with Crippen molar-refractivity contribution in [3.63, 3.8) is 0 Å². The van der Waals surface area contributed by atoms with Crippen molar-refractivity contribution < 1.29 is 19.1 Å². The van der Waals surface area contributed by atoms with Gasteiger partial charge in [0.05, 0.1) is 20.4 Å². The van der Waals surface area contributed by atoms with E-state index >= 15 is 0 Å². The average Bonchev–Trinajstić information content (AvgIpc) is 2.69. The minimum Gasteiger partial charge on any atom is -0.493 e. The summed E-state index contributed by atoms with van der Waals surface area (Å²) in [6.07, 6.45) is 2.00. The van der Waals surface area contributed by atoms with E-state index in [0.717, 1.165) is 15.6 Å². The van der Waals surface area contributed by atoms with Crippen LogP contribution in [0.3, 0.4) is 0 Å². The highest BCUT2D eigenvalue weighted by Crippen LogP contribution is 2.27. The average molecular weight is 434 g/mol. The van der Waals surface area contributed by atoms with Crippen LogP contribution in [0.4, 0.5) is 0 Å². The minimum atomic E-state index is -0.823. The predicted octanol–water partition coefficient (Wildman–Crippen LogP) is 2.28. The van der Waals surface area contributed by atoms with E-state index in [9.17, 15) is 9.59 Å². The van der Waals surface area contributed by atoms with E-state index < -0.39 is 11.8 Å². The minimum absolute atomic E-state index is 0.304. The molecular weight excluding hydrogens is 414 g/mol. The van der Waals surface area contributed by atoms with Crippen LogP contribution in [-0.4, -0.2) is 38.8 Å². The topological polar surface area (TPSA) is 89.0 Å². The number of hydrogen-bond acceptors (Lipinski definition) is 5. The van der Waals surface area contributed by atoms with Crippen molar-refractivity contribution in [1.29, 1.82) is 0 Å². The van der Waals surface area contributed by atoms with E-state index in [4.69, 9.17) is 9.47 Å². The number of benzene rings is 2. The molecule has 0 radical (unpaired) electrons. The molecule has 2 aromatic rings. The van der Waals surface area contributed by atoms with Crippen molar-refractivity contribution in [2.24, 2.45) is 5.10 Å². The van der Waals surface area contributed by atoms with Gasteiger partial charge in [0.15, 0.2) is 11.5 Å². The Morgan fingerprint density at radius 1 is 1.04 bits per heavy atom. The Morgan fingerprint density at radius 2 is 1.74 bits per heavy atom. The Labute approximate surface area is 165 Å². The van der Waals surface area contributed by atoms with Gasteiger partial charge in [-0.2, -0.15) is 5.10 Å². The zero-order valence-electron chi connectivity index (χ0n) is 15.0. The Bertz CT molecular complexity index is 822. The Kier molecular flexibility index (Phi) is 7.81. The van der Waals surface area contributed by atoms with Gasteiger partial charge in [0.25, 0.3) is 0 Å². The van der Waals surface area contributed by atoms with Crippen LogP contribution in [-0.2, 0) is 16.0 Å². The van der Waals surface area contributed by atoms with Gasteiger partial charge in [-0.25, -0.2) is 5.43 Å². The van der Waals surface area contributed by atoms with Gasteiger partial charge in [-0.05, 0) is 41.8 Å². The number of hydrazone groups is 1. The molecule has 0 aliphatic heterocycles. The Hall–Kier alpha value is -2.87. The number of methoxy groups -OCH3 is 2. The summed E-state index contributed by atoms with van der Waals surface area (Å²) < 4.78 is 11.4. The van der Waals surface area contributed by atoms with Crippen LogP contribution in [0.5, 0.6) is 11.5 Å². The molecular formula is C19H20BrN3O4. The number of rotatable bonds is 7. The molecule has 0 heterocycles. The molecule has 142 valence electrons. The first-order valence-corrected chi connectivity index (χ1v) is 8.90. The van der Waals surface area contributed by atoms with E-state index in [-0.39, 0.29) is 0 Å². The van der Waals surface area contributed by atoms with E-state index in [1.807, 2.05) is 36.4 Å². The molecule has 2 aromatic carbocycles. The number of amides is 2. The molecule has 2 amide bonds. The maximum atomic E-state index is 11.8. The monoisotopic (exact) mass is 433 g/mol. The van der Waals surface area contributed by atoms with Crippen LogP contribution in [0.2, 0.25) is 0 Å². The number of nitrogens with zero attached hydrogens (tertiary/aromatic N) is 1. The standard InChI is InChI=1S/C19H20BrN3O4/c1-26-16-8-5-13(11-17(16)27-2)9-10-21-18(24)19(25)23-22-12-14-3-6-15(20)7-4-14/h3-8,11-12H,9-10H2,1-2H3,(H,21,24)(H,23,25)/b22-12-. The molecule has 0 aliphatic rings. The van der Waals surface area contributed by atoms with Crippen molar-refractivity contribution >= 4 is 34.0 Å². The molecule has 0 saturated carbocycles. The quantitative estimate of drug-likeness (QED) is 0.398. The van der Waals surface area contributed by atoms with E-state index in [1.165, 1.54) is 6.21 Å². The number of halogens is 1. The molecule has 2 rings (SSSR count). The first kappa shape index (κ1) is 20.4. The van der Waals surface area contributed by atoms with Crippen LogP contribution in [0.15, 0.2) is 52.0 Å². The highest BCUT2D eigenvalue weighted by molar-refractivity contribution is 9.10. The fourth-order valence-electron chi connectivity index (χ4n) is 2.20. The number of hydrogen-bond donors (Lipinski definition) is 2. The van der Waals surface area contributed by atoms with E-state index in [2.05, 4.69) is 31.8 Å². The fraction of sp³-hybridized carbons (Fsp3) is 0.211. The van der Waals surface area contributed by atoms with Gasteiger partial charge in [-0.15, -0.1) is 0 Å². The van der Waals surface area contributed by atoms with E-state index in [1.54, 1.807) is 20.3 Å². The summed E-state index contributed by atoms with van der Waals surface area (Å²) in [5, 5.41) is 6.32. The summed E-state index contributed by atoms with van der Waals surface area (Å²) in [5.41, 5.74) is 3.94. The number of carbonyl (C=O) groups excluding carboxylic acids is 2. The van der Waals surface area contributed by atoms with Crippen LogP contribution in [0.25, 0.3) is 0 Å². The van der Waals surface area contributed by atoms with E-state index in [0.29, 0.717) is 24.5 Å². The van der Waals surface area contributed by atoms with Crippen LogP contribution >= 0.6 is 15.9 Å².